The lowest BCUT2D eigenvalue weighted by molar-refractivity contribution is -0.138. The molecule has 4 heteroatoms. The van der Waals surface area contributed by atoms with Crippen molar-refractivity contribution in [3.63, 3.8) is 0 Å². The summed E-state index contributed by atoms with van der Waals surface area (Å²) >= 11 is 0. The predicted octanol–water partition coefficient (Wildman–Crippen LogP) is 0.909. The third kappa shape index (κ3) is 3.47. The van der Waals surface area contributed by atoms with Crippen molar-refractivity contribution in [3.8, 4) is 0 Å². The summed E-state index contributed by atoms with van der Waals surface area (Å²) in [4.78, 5) is 12.9. The SMILES string of the molecule is CC1CCC(CN)CN1C(C)CC(=O)O. The van der Waals surface area contributed by atoms with Gasteiger partial charge in [0.05, 0.1) is 6.42 Å². The molecule has 1 rings (SSSR count). The monoisotopic (exact) mass is 214 g/mol. The second-order valence-corrected chi connectivity index (χ2v) is 4.67. The quantitative estimate of drug-likeness (QED) is 0.730. The van der Waals surface area contributed by atoms with Gasteiger partial charge in [0, 0.05) is 18.6 Å². The molecular weight excluding hydrogens is 192 g/mol. The smallest absolute Gasteiger partial charge is 0.304 e. The molecule has 4 nitrogen and oxygen atoms in total. The maximum atomic E-state index is 10.7. The Kier molecular flexibility index (Phi) is 4.54. The van der Waals surface area contributed by atoms with Gasteiger partial charge >= 0.3 is 5.97 Å². The van der Waals surface area contributed by atoms with Crippen LogP contribution in [-0.2, 0) is 4.79 Å². The number of carboxylic acid groups (broad SMARTS) is 1. The van der Waals surface area contributed by atoms with Crippen LogP contribution in [0.5, 0.6) is 0 Å². The minimum Gasteiger partial charge on any atom is -0.481 e. The molecule has 0 aliphatic carbocycles. The van der Waals surface area contributed by atoms with Crippen molar-refractivity contribution in [2.45, 2.75) is 45.2 Å². The van der Waals surface area contributed by atoms with Gasteiger partial charge in [-0.05, 0) is 39.2 Å². The van der Waals surface area contributed by atoms with E-state index in [1.807, 2.05) is 6.92 Å². The van der Waals surface area contributed by atoms with E-state index in [0.717, 1.165) is 13.0 Å². The molecule has 1 heterocycles. The number of rotatable bonds is 4. The van der Waals surface area contributed by atoms with Crippen LogP contribution >= 0.6 is 0 Å². The molecule has 0 aromatic carbocycles. The number of hydrogen-bond acceptors (Lipinski definition) is 3. The number of likely N-dealkylation sites (tertiary alicyclic amines) is 1. The highest BCUT2D eigenvalue weighted by Crippen LogP contribution is 2.24. The highest BCUT2D eigenvalue weighted by atomic mass is 16.4. The van der Waals surface area contributed by atoms with Crippen LogP contribution in [0.4, 0.5) is 0 Å². The predicted molar refractivity (Wildman–Crippen MR) is 59.7 cm³/mol. The summed E-state index contributed by atoms with van der Waals surface area (Å²) in [5.74, 6) is -0.179. The number of nitrogens with two attached hydrogens (primary N) is 1. The van der Waals surface area contributed by atoms with Crippen molar-refractivity contribution in [3.05, 3.63) is 0 Å². The van der Waals surface area contributed by atoms with Crippen LogP contribution in [0.25, 0.3) is 0 Å². The molecule has 1 fully saturated rings. The molecule has 1 aliphatic heterocycles. The molecule has 0 spiro atoms. The summed E-state index contributed by atoms with van der Waals surface area (Å²) < 4.78 is 0. The number of carboxylic acids is 1. The first-order valence-corrected chi connectivity index (χ1v) is 5.72. The lowest BCUT2D eigenvalue weighted by Crippen LogP contribution is -2.48. The summed E-state index contributed by atoms with van der Waals surface area (Å²) in [6.07, 6.45) is 2.53. The summed E-state index contributed by atoms with van der Waals surface area (Å²) in [7, 11) is 0. The Balaban J connectivity index is 2.52. The minimum atomic E-state index is -0.718. The van der Waals surface area contributed by atoms with Gasteiger partial charge in [0.1, 0.15) is 0 Å². The van der Waals surface area contributed by atoms with E-state index in [-0.39, 0.29) is 12.5 Å². The summed E-state index contributed by atoms with van der Waals surface area (Å²) in [6, 6.07) is 0.606. The van der Waals surface area contributed by atoms with Crippen molar-refractivity contribution in [2.24, 2.45) is 11.7 Å². The number of carbonyl (C=O) groups is 1. The van der Waals surface area contributed by atoms with E-state index in [1.54, 1.807) is 0 Å². The summed E-state index contributed by atoms with van der Waals surface area (Å²) in [5.41, 5.74) is 5.67. The molecule has 3 atom stereocenters. The van der Waals surface area contributed by atoms with E-state index >= 15 is 0 Å². The molecule has 15 heavy (non-hydrogen) atoms. The van der Waals surface area contributed by atoms with Crippen molar-refractivity contribution in [1.82, 2.24) is 4.90 Å². The zero-order valence-electron chi connectivity index (χ0n) is 9.65. The van der Waals surface area contributed by atoms with E-state index in [4.69, 9.17) is 10.8 Å². The molecule has 88 valence electrons. The van der Waals surface area contributed by atoms with Crippen molar-refractivity contribution in [2.75, 3.05) is 13.1 Å². The minimum absolute atomic E-state index is 0.117. The van der Waals surface area contributed by atoms with E-state index in [9.17, 15) is 4.79 Å². The van der Waals surface area contributed by atoms with E-state index < -0.39 is 5.97 Å². The second kappa shape index (κ2) is 5.47. The van der Waals surface area contributed by atoms with Gasteiger partial charge in [-0.3, -0.25) is 9.69 Å². The van der Waals surface area contributed by atoms with Crippen LogP contribution in [0.1, 0.15) is 33.1 Å². The second-order valence-electron chi connectivity index (χ2n) is 4.67. The Morgan fingerprint density at radius 2 is 2.27 bits per heavy atom. The van der Waals surface area contributed by atoms with Crippen LogP contribution < -0.4 is 5.73 Å². The van der Waals surface area contributed by atoms with Crippen LogP contribution in [0.3, 0.4) is 0 Å². The zero-order valence-corrected chi connectivity index (χ0v) is 9.65. The lowest BCUT2D eigenvalue weighted by atomic mass is 9.92. The first-order valence-electron chi connectivity index (χ1n) is 5.72. The molecular formula is C11H22N2O2. The average molecular weight is 214 g/mol. The first-order chi connectivity index (χ1) is 7.04. The molecule has 3 N–H and O–H groups in total. The highest BCUT2D eigenvalue weighted by molar-refractivity contribution is 5.67. The van der Waals surface area contributed by atoms with Gasteiger partial charge in [-0.2, -0.15) is 0 Å². The Labute approximate surface area is 91.4 Å². The number of hydrogen-bond donors (Lipinski definition) is 2. The van der Waals surface area contributed by atoms with E-state index in [1.165, 1.54) is 6.42 Å². The maximum Gasteiger partial charge on any atom is 0.304 e. The van der Waals surface area contributed by atoms with E-state index in [2.05, 4.69) is 11.8 Å². The van der Waals surface area contributed by atoms with Gasteiger partial charge < -0.3 is 10.8 Å². The van der Waals surface area contributed by atoms with Gasteiger partial charge in [-0.15, -0.1) is 0 Å². The molecule has 0 aromatic rings. The molecule has 0 amide bonds. The van der Waals surface area contributed by atoms with Crippen molar-refractivity contribution < 1.29 is 9.90 Å². The fraction of sp³-hybridized carbons (Fsp3) is 0.909. The van der Waals surface area contributed by atoms with Gasteiger partial charge in [0.2, 0.25) is 0 Å². The molecule has 1 saturated heterocycles. The molecule has 0 radical (unpaired) electrons. The van der Waals surface area contributed by atoms with Gasteiger partial charge in [0.25, 0.3) is 0 Å². The number of aliphatic carboxylic acids is 1. The fourth-order valence-corrected chi connectivity index (χ4v) is 2.39. The Bertz CT molecular complexity index is 221. The van der Waals surface area contributed by atoms with Crippen LogP contribution in [0.15, 0.2) is 0 Å². The van der Waals surface area contributed by atoms with Crippen LogP contribution in [0, 0.1) is 5.92 Å². The summed E-state index contributed by atoms with van der Waals surface area (Å²) in [6.45, 7) is 5.82. The van der Waals surface area contributed by atoms with Gasteiger partial charge in [0.15, 0.2) is 0 Å². The summed E-state index contributed by atoms with van der Waals surface area (Å²) in [5, 5.41) is 8.77. The largest absolute Gasteiger partial charge is 0.481 e. The topological polar surface area (TPSA) is 66.6 Å². The van der Waals surface area contributed by atoms with Crippen molar-refractivity contribution in [1.29, 1.82) is 0 Å². The Hall–Kier alpha value is -0.610. The third-order valence-electron chi connectivity index (χ3n) is 3.40. The third-order valence-corrected chi connectivity index (χ3v) is 3.40. The van der Waals surface area contributed by atoms with Gasteiger partial charge in [-0.1, -0.05) is 0 Å². The fourth-order valence-electron chi connectivity index (χ4n) is 2.39. The lowest BCUT2D eigenvalue weighted by Gasteiger charge is -2.41. The molecule has 3 unspecified atom stereocenters. The molecule has 1 aliphatic rings. The van der Waals surface area contributed by atoms with Crippen LogP contribution in [-0.4, -0.2) is 41.1 Å². The molecule has 0 aromatic heterocycles. The Morgan fingerprint density at radius 1 is 1.60 bits per heavy atom. The van der Waals surface area contributed by atoms with Crippen LogP contribution in [0.2, 0.25) is 0 Å². The zero-order chi connectivity index (χ0) is 11.4. The number of nitrogens with zero attached hydrogens (tertiary/aromatic N) is 1. The first kappa shape index (κ1) is 12.5. The van der Waals surface area contributed by atoms with Gasteiger partial charge in [-0.25, -0.2) is 0 Å². The maximum absolute atomic E-state index is 10.7. The number of piperidine rings is 1. The molecule has 0 bridgehead atoms. The average Bonchev–Trinajstić information content (AvgIpc) is 2.17. The molecule has 0 saturated carbocycles. The Morgan fingerprint density at radius 3 is 2.80 bits per heavy atom. The van der Waals surface area contributed by atoms with Crippen molar-refractivity contribution >= 4 is 5.97 Å². The highest BCUT2D eigenvalue weighted by Gasteiger charge is 2.28. The standard InChI is InChI=1S/C11H22N2O2/c1-8-3-4-10(6-12)7-13(8)9(2)5-11(14)15/h8-10H,3-7,12H2,1-2H3,(H,14,15). The normalized spacial score (nSPS) is 30.1. The van der Waals surface area contributed by atoms with E-state index in [0.29, 0.717) is 18.5 Å².